The molecule has 1 fully saturated rings. The summed E-state index contributed by atoms with van der Waals surface area (Å²) in [4.78, 5) is 0.167. The van der Waals surface area contributed by atoms with Gasteiger partial charge < -0.3 is 4.57 Å². The van der Waals surface area contributed by atoms with Crippen LogP contribution in [0.2, 0.25) is 0 Å². The van der Waals surface area contributed by atoms with Gasteiger partial charge in [-0.15, -0.1) is 0 Å². The van der Waals surface area contributed by atoms with Gasteiger partial charge in [0, 0.05) is 30.9 Å². The summed E-state index contributed by atoms with van der Waals surface area (Å²) in [7, 11) is -2.05. The van der Waals surface area contributed by atoms with Gasteiger partial charge in [0.25, 0.3) is 0 Å². The first-order chi connectivity index (χ1) is 17.6. The predicted molar refractivity (Wildman–Crippen MR) is 135 cm³/mol. The molecule has 0 aliphatic carbocycles. The second-order valence-electron chi connectivity index (χ2n) is 9.28. The van der Waals surface area contributed by atoms with Gasteiger partial charge in [0.15, 0.2) is 0 Å². The smallest absolute Gasteiger partial charge is 0.306 e. The fourth-order valence-corrected chi connectivity index (χ4v) is 6.98. The highest BCUT2D eigenvalue weighted by atomic mass is 32.2. The molecule has 0 radical (unpaired) electrons. The number of alkyl halides is 3. The van der Waals surface area contributed by atoms with E-state index in [9.17, 15) is 21.6 Å². The zero-order valence-electron chi connectivity index (χ0n) is 19.9. The standard InChI is InChI=1S/C27H23F3N4O2S/c1-32-17-25-26(31-32)22-16-21(37(35,36)33-15-5-8-23(33)18-6-3-2-4-7-18)13-14-24(22)34(25)20-11-9-19(10-12-20)27(28,29)30/h2-4,6-7,9-14,16-17,23H,5,8,15H2,1H3/t23-/m1/s1. The van der Waals surface area contributed by atoms with Crippen LogP contribution in [-0.4, -0.2) is 33.6 Å². The third-order valence-corrected chi connectivity index (χ3v) is 8.87. The lowest BCUT2D eigenvalue weighted by atomic mass is 10.1. The number of hydrogen-bond acceptors (Lipinski definition) is 3. The molecule has 6 rings (SSSR count). The van der Waals surface area contributed by atoms with E-state index in [1.54, 1.807) is 45.0 Å². The van der Waals surface area contributed by atoms with Crippen molar-refractivity contribution in [3.63, 3.8) is 0 Å². The van der Waals surface area contributed by atoms with Crippen LogP contribution in [0.1, 0.15) is 30.0 Å². The molecule has 2 aromatic heterocycles. The summed E-state index contributed by atoms with van der Waals surface area (Å²) in [5.41, 5.74) is 2.68. The molecule has 0 saturated carbocycles. The molecule has 190 valence electrons. The van der Waals surface area contributed by atoms with Crippen LogP contribution in [0.15, 0.2) is 83.9 Å². The maximum Gasteiger partial charge on any atom is 0.416 e. The largest absolute Gasteiger partial charge is 0.416 e. The first-order valence-electron chi connectivity index (χ1n) is 11.9. The van der Waals surface area contributed by atoms with Crippen LogP contribution in [-0.2, 0) is 23.2 Å². The van der Waals surface area contributed by atoms with Gasteiger partial charge in [-0.25, -0.2) is 8.42 Å². The second-order valence-corrected chi connectivity index (χ2v) is 11.2. The van der Waals surface area contributed by atoms with E-state index in [1.165, 1.54) is 12.1 Å². The number of aromatic nitrogens is 3. The Hall–Kier alpha value is -3.63. The highest BCUT2D eigenvalue weighted by molar-refractivity contribution is 7.89. The molecule has 0 N–H and O–H groups in total. The van der Waals surface area contributed by atoms with E-state index in [0.29, 0.717) is 34.2 Å². The van der Waals surface area contributed by atoms with Crippen molar-refractivity contribution in [3.8, 4) is 5.69 Å². The highest BCUT2D eigenvalue weighted by Crippen LogP contribution is 2.39. The molecule has 1 aliphatic rings. The number of fused-ring (bicyclic) bond motifs is 3. The minimum atomic E-state index is -4.43. The van der Waals surface area contributed by atoms with E-state index in [4.69, 9.17) is 0 Å². The molecule has 6 nitrogen and oxygen atoms in total. The van der Waals surface area contributed by atoms with Crippen molar-refractivity contribution in [2.75, 3.05) is 6.54 Å². The van der Waals surface area contributed by atoms with Crippen molar-refractivity contribution < 1.29 is 21.6 Å². The van der Waals surface area contributed by atoms with E-state index in [2.05, 4.69) is 5.10 Å². The third kappa shape index (κ3) is 3.91. The monoisotopic (exact) mass is 524 g/mol. The number of sulfonamides is 1. The molecule has 1 aliphatic heterocycles. The average molecular weight is 525 g/mol. The second kappa shape index (κ2) is 8.46. The molecule has 10 heteroatoms. The average Bonchev–Trinajstić information content (AvgIpc) is 3.58. The number of hydrogen-bond donors (Lipinski definition) is 0. The summed E-state index contributed by atoms with van der Waals surface area (Å²) in [5.74, 6) is 0. The van der Waals surface area contributed by atoms with Gasteiger partial charge >= 0.3 is 6.18 Å². The molecule has 1 saturated heterocycles. The Morgan fingerprint density at radius 3 is 2.38 bits per heavy atom. The van der Waals surface area contributed by atoms with E-state index in [1.807, 2.05) is 30.3 Å². The third-order valence-electron chi connectivity index (χ3n) is 6.96. The van der Waals surface area contributed by atoms with Gasteiger partial charge in [0.2, 0.25) is 10.0 Å². The van der Waals surface area contributed by atoms with Crippen molar-refractivity contribution >= 4 is 32.0 Å². The zero-order chi connectivity index (χ0) is 25.9. The highest BCUT2D eigenvalue weighted by Gasteiger charge is 2.36. The topological polar surface area (TPSA) is 60.1 Å². The van der Waals surface area contributed by atoms with Gasteiger partial charge in [0.05, 0.1) is 27.5 Å². The molecular formula is C27H23F3N4O2S. The van der Waals surface area contributed by atoms with Crippen LogP contribution in [0.4, 0.5) is 13.2 Å². The number of halogens is 3. The summed E-state index contributed by atoms with van der Waals surface area (Å²) in [6.07, 6.45) is -1.14. The molecule has 0 amide bonds. The quantitative estimate of drug-likeness (QED) is 0.287. The lowest BCUT2D eigenvalue weighted by Crippen LogP contribution is -2.30. The minimum absolute atomic E-state index is 0.167. The summed E-state index contributed by atoms with van der Waals surface area (Å²) >= 11 is 0. The van der Waals surface area contributed by atoms with Gasteiger partial charge in [0.1, 0.15) is 5.52 Å². The first kappa shape index (κ1) is 23.7. The lowest BCUT2D eigenvalue weighted by molar-refractivity contribution is -0.137. The van der Waals surface area contributed by atoms with E-state index >= 15 is 0 Å². The van der Waals surface area contributed by atoms with Crippen LogP contribution in [0.3, 0.4) is 0 Å². The molecule has 5 aromatic rings. The maximum atomic E-state index is 13.8. The Morgan fingerprint density at radius 2 is 1.68 bits per heavy atom. The summed E-state index contributed by atoms with van der Waals surface area (Å²) < 4.78 is 71.9. The Morgan fingerprint density at radius 1 is 0.946 bits per heavy atom. The van der Waals surface area contributed by atoms with Gasteiger partial charge in [-0.3, -0.25) is 4.68 Å². The number of nitrogens with zero attached hydrogens (tertiary/aromatic N) is 4. The number of rotatable bonds is 4. The molecule has 3 aromatic carbocycles. The van der Waals surface area contributed by atoms with Crippen molar-refractivity contribution in [1.82, 2.24) is 18.7 Å². The van der Waals surface area contributed by atoms with Crippen molar-refractivity contribution in [3.05, 3.63) is 90.1 Å². The summed E-state index contributed by atoms with van der Waals surface area (Å²) in [6, 6.07) is 19.2. The van der Waals surface area contributed by atoms with Crippen molar-refractivity contribution in [2.24, 2.45) is 7.05 Å². The normalized spacial score (nSPS) is 17.2. The summed E-state index contributed by atoms with van der Waals surface area (Å²) in [5, 5.41) is 5.15. The van der Waals surface area contributed by atoms with Crippen molar-refractivity contribution in [2.45, 2.75) is 30.0 Å². The van der Waals surface area contributed by atoms with Gasteiger partial charge in [-0.1, -0.05) is 30.3 Å². The molecule has 0 bridgehead atoms. The predicted octanol–water partition coefficient (Wildman–Crippen LogP) is 6.06. The fraction of sp³-hybridized carbons (Fsp3) is 0.222. The van der Waals surface area contributed by atoms with Crippen molar-refractivity contribution in [1.29, 1.82) is 0 Å². The molecule has 1 atom stereocenters. The fourth-order valence-electron chi connectivity index (χ4n) is 5.27. The molecule has 0 unspecified atom stereocenters. The number of benzene rings is 3. The Bertz CT molecular complexity index is 1720. The lowest BCUT2D eigenvalue weighted by Gasteiger charge is -2.24. The first-order valence-corrected chi connectivity index (χ1v) is 13.3. The zero-order valence-corrected chi connectivity index (χ0v) is 20.7. The van der Waals surface area contributed by atoms with Gasteiger partial charge in [-0.2, -0.15) is 22.6 Å². The van der Waals surface area contributed by atoms with E-state index in [0.717, 1.165) is 30.5 Å². The molecule has 37 heavy (non-hydrogen) atoms. The van der Waals surface area contributed by atoms with Crippen LogP contribution in [0, 0.1) is 0 Å². The molecule has 3 heterocycles. The van der Waals surface area contributed by atoms with Crippen LogP contribution < -0.4 is 0 Å². The maximum absolute atomic E-state index is 13.8. The van der Waals surface area contributed by atoms with Crippen LogP contribution in [0.25, 0.3) is 27.6 Å². The Kier molecular flexibility index (Phi) is 5.43. The van der Waals surface area contributed by atoms with Crippen LogP contribution >= 0.6 is 0 Å². The number of aryl methyl sites for hydroxylation is 1. The SMILES string of the molecule is Cn1cc2c(n1)c1cc(S(=O)(=O)N3CCC[C@@H]3c3ccccc3)ccc1n2-c1ccc(C(F)(F)F)cc1. The minimum Gasteiger partial charge on any atom is -0.306 e. The van der Waals surface area contributed by atoms with Crippen LogP contribution in [0.5, 0.6) is 0 Å². The summed E-state index contributed by atoms with van der Waals surface area (Å²) in [6.45, 7) is 0.436. The Labute approximate surface area is 211 Å². The van der Waals surface area contributed by atoms with E-state index < -0.39 is 21.8 Å². The molecule has 0 spiro atoms. The van der Waals surface area contributed by atoms with Gasteiger partial charge in [-0.05, 0) is 60.9 Å². The van der Waals surface area contributed by atoms with E-state index in [-0.39, 0.29) is 10.9 Å². The molecular weight excluding hydrogens is 501 g/mol. The Balaban J connectivity index is 1.47.